The average molecular weight is 293 g/mol. The zero-order chi connectivity index (χ0) is 15.5. The SMILES string of the molecule is CC(C)Nc1nc(C#N)cc2cnc(N=C3CCCC3)cc12. The van der Waals surface area contributed by atoms with Gasteiger partial charge in [-0.25, -0.2) is 15.0 Å². The van der Waals surface area contributed by atoms with Crippen molar-refractivity contribution >= 4 is 28.1 Å². The van der Waals surface area contributed by atoms with Crippen LogP contribution in [0.2, 0.25) is 0 Å². The Bertz CT molecular complexity index is 762. The number of nitrogens with one attached hydrogen (secondary N) is 1. The fourth-order valence-electron chi connectivity index (χ4n) is 2.69. The molecule has 1 aliphatic carbocycles. The van der Waals surface area contributed by atoms with E-state index in [-0.39, 0.29) is 6.04 Å². The maximum absolute atomic E-state index is 9.12. The summed E-state index contributed by atoms with van der Waals surface area (Å²) in [5.41, 5.74) is 1.62. The van der Waals surface area contributed by atoms with Crippen LogP contribution in [0.15, 0.2) is 23.3 Å². The van der Waals surface area contributed by atoms with Crippen molar-refractivity contribution in [2.24, 2.45) is 4.99 Å². The van der Waals surface area contributed by atoms with Gasteiger partial charge in [-0.1, -0.05) is 0 Å². The van der Waals surface area contributed by atoms with Crippen LogP contribution >= 0.6 is 0 Å². The number of aliphatic imine (C=N–C) groups is 1. The first-order valence-corrected chi connectivity index (χ1v) is 7.69. The van der Waals surface area contributed by atoms with E-state index in [1.54, 1.807) is 12.3 Å². The molecule has 0 atom stereocenters. The molecule has 3 rings (SSSR count). The molecule has 5 nitrogen and oxygen atoms in total. The van der Waals surface area contributed by atoms with Gasteiger partial charge in [0.25, 0.3) is 0 Å². The second kappa shape index (κ2) is 6.10. The Morgan fingerprint density at radius 1 is 1.27 bits per heavy atom. The Morgan fingerprint density at radius 2 is 2.05 bits per heavy atom. The van der Waals surface area contributed by atoms with Gasteiger partial charge in [0.1, 0.15) is 17.6 Å². The van der Waals surface area contributed by atoms with Crippen LogP contribution in [0, 0.1) is 11.3 Å². The van der Waals surface area contributed by atoms with Gasteiger partial charge in [-0.15, -0.1) is 0 Å². The number of anilines is 1. The minimum absolute atomic E-state index is 0.238. The molecule has 1 saturated carbocycles. The van der Waals surface area contributed by atoms with Crippen LogP contribution in [0.1, 0.15) is 45.2 Å². The van der Waals surface area contributed by atoms with Gasteiger partial charge >= 0.3 is 0 Å². The summed E-state index contributed by atoms with van der Waals surface area (Å²) in [4.78, 5) is 13.5. The Labute approximate surface area is 130 Å². The Morgan fingerprint density at radius 3 is 2.73 bits per heavy atom. The normalized spacial score (nSPS) is 14.4. The van der Waals surface area contributed by atoms with E-state index in [0.717, 1.165) is 35.2 Å². The van der Waals surface area contributed by atoms with Crippen molar-refractivity contribution in [3.05, 3.63) is 24.0 Å². The standard InChI is InChI=1S/C17H19N5/c1-11(2)20-17-15-8-16(21-13-5-3-4-6-13)19-10-12(15)7-14(9-18)22-17/h7-8,10-11H,3-6H2,1-2H3,(H,20,22). The number of aromatic nitrogens is 2. The molecule has 1 fully saturated rings. The molecule has 112 valence electrons. The third-order valence-electron chi connectivity index (χ3n) is 3.69. The van der Waals surface area contributed by atoms with E-state index >= 15 is 0 Å². The second-order valence-electron chi connectivity index (χ2n) is 5.92. The van der Waals surface area contributed by atoms with Crippen molar-refractivity contribution < 1.29 is 0 Å². The smallest absolute Gasteiger partial charge is 0.152 e. The van der Waals surface area contributed by atoms with E-state index in [0.29, 0.717) is 5.69 Å². The molecule has 0 bridgehead atoms. The largest absolute Gasteiger partial charge is 0.367 e. The van der Waals surface area contributed by atoms with Crippen LogP contribution in [-0.4, -0.2) is 21.7 Å². The summed E-state index contributed by atoms with van der Waals surface area (Å²) >= 11 is 0. The first-order chi connectivity index (χ1) is 10.7. The van der Waals surface area contributed by atoms with Gasteiger partial charge < -0.3 is 5.32 Å². The highest BCUT2D eigenvalue weighted by Crippen LogP contribution is 2.27. The lowest BCUT2D eigenvalue weighted by atomic mass is 10.1. The van der Waals surface area contributed by atoms with Crippen LogP contribution in [0.25, 0.3) is 10.8 Å². The topological polar surface area (TPSA) is 74.0 Å². The monoisotopic (exact) mass is 293 g/mol. The summed E-state index contributed by atoms with van der Waals surface area (Å²) in [6.07, 6.45) is 6.36. The second-order valence-corrected chi connectivity index (χ2v) is 5.92. The van der Waals surface area contributed by atoms with E-state index in [1.165, 1.54) is 18.6 Å². The number of fused-ring (bicyclic) bond motifs is 1. The lowest BCUT2D eigenvalue weighted by molar-refractivity contribution is 0.886. The predicted molar refractivity (Wildman–Crippen MR) is 88.6 cm³/mol. The van der Waals surface area contributed by atoms with Crippen molar-refractivity contribution in [3.8, 4) is 6.07 Å². The summed E-state index contributed by atoms with van der Waals surface area (Å²) in [5, 5.41) is 14.3. The highest BCUT2D eigenvalue weighted by atomic mass is 15.0. The molecule has 22 heavy (non-hydrogen) atoms. The van der Waals surface area contributed by atoms with Crippen LogP contribution in [-0.2, 0) is 0 Å². The van der Waals surface area contributed by atoms with E-state index < -0.39 is 0 Å². The summed E-state index contributed by atoms with van der Waals surface area (Å²) in [6, 6.07) is 6.06. The molecule has 2 aromatic rings. The van der Waals surface area contributed by atoms with Crippen molar-refractivity contribution in [2.45, 2.75) is 45.6 Å². The van der Waals surface area contributed by atoms with Gasteiger partial charge in [0.15, 0.2) is 5.82 Å². The number of pyridine rings is 2. The maximum atomic E-state index is 9.12. The van der Waals surface area contributed by atoms with Gasteiger partial charge in [-0.2, -0.15) is 5.26 Å². The fraction of sp³-hybridized carbons (Fsp3) is 0.412. The summed E-state index contributed by atoms with van der Waals surface area (Å²) < 4.78 is 0. The number of hydrogen-bond donors (Lipinski definition) is 1. The van der Waals surface area contributed by atoms with Crippen molar-refractivity contribution in [2.75, 3.05) is 5.32 Å². The Kier molecular flexibility index (Phi) is 4.01. The quantitative estimate of drug-likeness (QED) is 0.929. The van der Waals surface area contributed by atoms with Crippen LogP contribution < -0.4 is 5.32 Å². The molecule has 1 N–H and O–H groups in total. The first kappa shape index (κ1) is 14.5. The molecule has 2 aromatic heterocycles. The summed E-state index contributed by atoms with van der Waals surface area (Å²) in [7, 11) is 0. The summed E-state index contributed by atoms with van der Waals surface area (Å²) in [6.45, 7) is 4.10. The third kappa shape index (κ3) is 3.06. The lowest BCUT2D eigenvalue weighted by Gasteiger charge is -2.12. The van der Waals surface area contributed by atoms with E-state index in [4.69, 9.17) is 5.26 Å². The highest BCUT2D eigenvalue weighted by molar-refractivity contribution is 5.95. The lowest BCUT2D eigenvalue weighted by Crippen LogP contribution is -2.12. The van der Waals surface area contributed by atoms with Crippen molar-refractivity contribution in [1.29, 1.82) is 5.26 Å². The van der Waals surface area contributed by atoms with Gasteiger partial charge in [0.2, 0.25) is 0 Å². The van der Waals surface area contributed by atoms with E-state index in [2.05, 4.69) is 26.3 Å². The minimum Gasteiger partial charge on any atom is -0.367 e. The predicted octanol–water partition coefficient (Wildman–Crippen LogP) is 3.97. The van der Waals surface area contributed by atoms with Gasteiger partial charge in [-0.05, 0) is 51.7 Å². The molecule has 2 heterocycles. The number of rotatable bonds is 3. The number of hydrogen-bond acceptors (Lipinski definition) is 5. The van der Waals surface area contributed by atoms with Crippen LogP contribution in [0.3, 0.4) is 0 Å². The van der Waals surface area contributed by atoms with Gasteiger partial charge in [-0.3, -0.25) is 0 Å². The van der Waals surface area contributed by atoms with Crippen molar-refractivity contribution in [1.82, 2.24) is 9.97 Å². The number of nitriles is 1. The highest BCUT2D eigenvalue weighted by Gasteiger charge is 2.11. The summed E-state index contributed by atoms with van der Waals surface area (Å²) in [5.74, 6) is 1.45. The van der Waals surface area contributed by atoms with Crippen LogP contribution in [0.5, 0.6) is 0 Å². The Hall–Kier alpha value is -2.48. The molecule has 0 aromatic carbocycles. The molecular weight excluding hydrogens is 274 g/mol. The zero-order valence-corrected chi connectivity index (χ0v) is 12.9. The van der Waals surface area contributed by atoms with E-state index in [9.17, 15) is 0 Å². The van der Waals surface area contributed by atoms with Gasteiger partial charge in [0.05, 0.1) is 0 Å². The number of nitrogens with zero attached hydrogens (tertiary/aromatic N) is 4. The molecular formula is C17H19N5. The first-order valence-electron chi connectivity index (χ1n) is 7.69. The molecule has 0 spiro atoms. The minimum atomic E-state index is 0.238. The molecule has 0 amide bonds. The van der Waals surface area contributed by atoms with Crippen molar-refractivity contribution in [3.63, 3.8) is 0 Å². The molecule has 1 aliphatic rings. The zero-order valence-electron chi connectivity index (χ0n) is 12.9. The van der Waals surface area contributed by atoms with E-state index in [1.807, 2.05) is 19.9 Å². The molecule has 5 heteroatoms. The molecule has 0 radical (unpaired) electrons. The van der Waals surface area contributed by atoms with Crippen LogP contribution in [0.4, 0.5) is 11.6 Å². The Balaban J connectivity index is 2.09. The third-order valence-corrected chi connectivity index (χ3v) is 3.69. The molecule has 0 saturated heterocycles. The van der Waals surface area contributed by atoms with Gasteiger partial charge in [0, 0.05) is 28.7 Å². The average Bonchev–Trinajstić information content (AvgIpc) is 3.00. The maximum Gasteiger partial charge on any atom is 0.152 e. The fourth-order valence-corrected chi connectivity index (χ4v) is 2.69. The molecule has 0 aliphatic heterocycles. The molecule has 0 unspecified atom stereocenters.